The van der Waals surface area contributed by atoms with Crippen LogP contribution in [0.4, 0.5) is 0 Å². The van der Waals surface area contributed by atoms with Crippen molar-refractivity contribution in [3.63, 3.8) is 0 Å². The second-order valence-corrected chi connectivity index (χ2v) is 6.05. The molecule has 0 spiro atoms. The molecule has 1 amide bonds. The molecule has 0 atom stereocenters. The summed E-state index contributed by atoms with van der Waals surface area (Å²) in [5, 5.41) is 9.48. The fourth-order valence-electron chi connectivity index (χ4n) is 2.87. The van der Waals surface area contributed by atoms with Crippen molar-refractivity contribution < 1.29 is 18.7 Å². The Morgan fingerprint density at radius 2 is 2.08 bits per heavy atom. The predicted molar refractivity (Wildman–Crippen MR) is 87.6 cm³/mol. The smallest absolute Gasteiger partial charge is 0.331 e. The minimum absolute atomic E-state index is 0.367. The first kappa shape index (κ1) is 17.8. The van der Waals surface area contributed by atoms with Crippen LogP contribution in [0, 0.1) is 18.3 Å². The normalized spacial score (nSPS) is 16.5. The third-order valence-corrected chi connectivity index (χ3v) is 4.39. The summed E-state index contributed by atoms with van der Waals surface area (Å²) < 4.78 is 10.3. The molecule has 2 rings (SSSR count). The van der Waals surface area contributed by atoms with Gasteiger partial charge in [-0.3, -0.25) is 4.79 Å². The number of amides is 1. The molecule has 0 unspecified atom stereocenters. The molecule has 1 aromatic heterocycles. The topological polar surface area (TPSA) is 83.5 Å². The van der Waals surface area contributed by atoms with E-state index >= 15 is 0 Å². The van der Waals surface area contributed by atoms with Crippen molar-refractivity contribution in [2.45, 2.75) is 44.6 Å². The van der Waals surface area contributed by atoms with E-state index in [4.69, 9.17) is 9.15 Å². The van der Waals surface area contributed by atoms with E-state index in [1.807, 2.05) is 0 Å². The molecule has 0 saturated heterocycles. The van der Waals surface area contributed by atoms with Gasteiger partial charge in [0, 0.05) is 13.1 Å². The van der Waals surface area contributed by atoms with E-state index < -0.39 is 11.5 Å². The number of aryl methyl sites for hydroxylation is 1. The zero-order valence-electron chi connectivity index (χ0n) is 14.1. The second kappa shape index (κ2) is 7.82. The quantitative estimate of drug-likeness (QED) is 0.612. The summed E-state index contributed by atoms with van der Waals surface area (Å²) in [5.74, 6) is 0.294. The van der Waals surface area contributed by atoms with E-state index in [9.17, 15) is 14.9 Å². The van der Waals surface area contributed by atoms with E-state index in [-0.39, 0.29) is 12.5 Å². The average Bonchev–Trinajstić information content (AvgIpc) is 3.03. The van der Waals surface area contributed by atoms with Gasteiger partial charge in [-0.2, -0.15) is 5.26 Å². The molecule has 0 bridgehead atoms. The lowest BCUT2D eigenvalue weighted by atomic mass is 9.81. The first-order valence-electron chi connectivity index (χ1n) is 8.06. The summed E-state index contributed by atoms with van der Waals surface area (Å²) >= 11 is 0. The third-order valence-electron chi connectivity index (χ3n) is 4.39. The van der Waals surface area contributed by atoms with Crippen LogP contribution >= 0.6 is 0 Å². The first-order chi connectivity index (χ1) is 11.5. The van der Waals surface area contributed by atoms with Crippen molar-refractivity contribution >= 4 is 18.0 Å². The van der Waals surface area contributed by atoms with Crippen LogP contribution in [0.1, 0.15) is 43.6 Å². The maximum absolute atomic E-state index is 12.2. The Morgan fingerprint density at radius 3 is 2.67 bits per heavy atom. The zero-order chi connectivity index (χ0) is 17.6. The van der Waals surface area contributed by atoms with Gasteiger partial charge < -0.3 is 14.1 Å². The molecule has 1 saturated carbocycles. The van der Waals surface area contributed by atoms with Crippen LogP contribution in [-0.2, 0) is 14.3 Å². The molecule has 0 aliphatic heterocycles. The maximum atomic E-state index is 12.2. The molecule has 1 aliphatic rings. The van der Waals surface area contributed by atoms with Gasteiger partial charge in [0.25, 0.3) is 5.91 Å². The summed E-state index contributed by atoms with van der Waals surface area (Å²) in [6.45, 7) is 1.43. The van der Waals surface area contributed by atoms with Crippen LogP contribution in [0.5, 0.6) is 0 Å². The lowest BCUT2D eigenvalue weighted by Gasteiger charge is -2.38. The summed E-state index contributed by atoms with van der Waals surface area (Å²) in [4.78, 5) is 25.4. The van der Waals surface area contributed by atoms with E-state index in [0.717, 1.165) is 25.0 Å². The van der Waals surface area contributed by atoms with Gasteiger partial charge in [0.05, 0.1) is 6.07 Å². The van der Waals surface area contributed by atoms with Gasteiger partial charge in [-0.15, -0.1) is 0 Å². The van der Waals surface area contributed by atoms with Crippen molar-refractivity contribution in [3.05, 3.63) is 29.7 Å². The molecule has 24 heavy (non-hydrogen) atoms. The monoisotopic (exact) mass is 330 g/mol. The fraction of sp³-hybridized carbons (Fsp3) is 0.500. The molecule has 0 N–H and O–H groups in total. The Kier molecular flexibility index (Phi) is 5.80. The van der Waals surface area contributed by atoms with E-state index in [2.05, 4.69) is 6.07 Å². The Hall–Kier alpha value is -2.55. The van der Waals surface area contributed by atoms with Crippen molar-refractivity contribution in [1.82, 2.24) is 4.90 Å². The van der Waals surface area contributed by atoms with Gasteiger partial charge in [0.2, 0.25) is 0 Å². The number of nitriles is 1. The Balaban J connectivity index is 1.86. The third kappa shape index (κ3) is 4.25. The van der Waals surface area contributed by atoms with Crippen molar-refractivity contribution in [1.29, 1.82) is 5.26 Å². The number of esters is 1. The Morgan fingerprint density at radius 1 is 1.38 bits per heavy atom. The van der Waals surface area contributed by atoms with Crippen molar-refractivity contribution in [2.24, 2.45) is 0 Å². The zero-order valence-corrected chi connectivity index (χ0v) is 14.1. The molecule has 1 aliphatic carbocycles. The van der Waals surface area contributed by atoms with Gasteiger partial charge >= 0.3 is 5.97 Å². The summed E-state index contributed by atoms with van der Waals surface area (Å²) in [7, 11) is 1.60. The lowest BCUT2D eigenvalue weighted by molar-refractivity contribution is -0.150. The number of hydrogen-bond donors (Lipinski definition) is 0. The summed E-state index contributed by atoms with van der Waals surface area (Å²) in [5.41, 5.74) is -0.775. The minimum atomic E-state index is -0.775. The van der Waals surface area contributed by atoms with Gasteiger partial charge in [-0.1, -0.05) is 19.3 Å². The minimum Gasteiger partial charge on any atom is -0.462 e. The molecule has 1 aromatic rings. The van der Waals surface area contributed by atoms with E-state index in [1.54, 1.807) is 26.1 Å². The van der Waals surface area contributed by atoms with Crippen molar-refractivity contribution in [3.8, 4) is 6.07 Å². The van der Waals surface area contributed by atoms with Crippen LogP contribution in [0.3, 0.4) is 0 Å². The van der Waals surface area contributed by atoms with E-state index in [1.165, 1.54) is 17.1 Å². The van der Waals surface area contributed by atoms with Gasteiger partial charge in [-0.25, -0.2) is 4.79 Å². The van der Waals surface area contributed by atoms with Gasteiger partial charge in [0.1, 0.15) is 17.1 Å². The SMILES string of the molecule is Cc1ccc(/C=C/C(=O)OCC(=O)N(C)C2(C#N)CCCCC2)o1. The molecular weight excluding hydrogens is 308 g/mol. The number of carbonyl (C=O) groups is 2. The largest absolute Gasteiger partial charge is 0.462 e. The maximum Gasteiger partial charge on any atom is 0.331 e. The first-order valence-corrected chi connectivity index (χ1v) is 8.06. The number of rotatable bonds is 5. The molecule has 6 heteroatoms. The highest BCUT2D eigenvalue weighted by molar-refractivity contribution is 5.89. The molecule has 6 nitrogen and oxygen atoms in total. The molecule has 1 heterocycles. The van der Waals surface area contributed by atoms with Crippen LogP contribution in [0.2, 0.25) is 0 Å². The van der Waals surface area contributed by atoms with Crippen molar-refractivity contribution in [2.75, 3.05) is 13.7 Å². The number of ether oxygens (including phenoxy) is 1. The number of hydrogen-bond acceptors (Lipinski definition) is 5. The summed E-state index contributed by atoms with van der Waals surface area (Å²) in [6.07, 6.45) is 6.96. The Bertz CT molecular complexity index is 663. The van der Waals surface area contributed by atoms with Crippen LogP contribution < -0.4 is 0 Å². The van der Waals surface area contributed by atoms with Crippen LogP contribution in [-0.4, -0.2) is 36.0 Å². The molecule has 128 valence electrons. The highest BCUT2D eigenvalue weighted by Gasteiger charge is 2.38. The molecule has 1 fully saturated rings. The summed E-state index contributed by atoms with van der Waals surface area (Å²) in [6, 6.07) is 5.79. The fourth-order valence-corrected chi connectivity index (χ4v) is 2.87. The number of nitrogens with zero attached hydrogens (tertiary/aromatic N) is 2. The molecular formula is C18H22N2O4. The molecule has 0 aromatic carbocycles. The van der Waals surface area contributed by atoms with Gasteiger partial charge in [-0.05, 0) is 38.0 Å². The predicted octanol–water partition coefficient (Wildman–Crippen LogP) is 2.83. The second-order valence-electron chi connectivity index (χ2n) is 6.05. The molecule has 0 radical (unpaired) electrons. The van der Waals surface area contributed by atoms with Gasteiger partial charge in [0.15, 0.2) is 6.61 Å². The van der Waals surface area contributed by atoms with E-state index in [0.29, 0.717) is 18.6 Å². The standard InChI is InChI=1S/C18H22N2O4/c1-14-6-7-15(24-14)8-9-17(22)23-12-16(21)20(2)18(13-19)10-4-3-5-11-18/h6-9H,3-5,10-12H2,1-2H3/b9-8+. The number of furan rings is 1. The number of likely N-dealkylation sites (N-methyl/N-ethyl adjacent to an activating group) is 1. The average molecular weight is 330 g/mol. The van der Waals surface area contributed by atoms with Crippen LogP contribution in [0.15, 0.2) is 22.6 Å². The number of carbonyl (C=O) groups excluding carboxylic acids is 2. The highest BCUT2D eigenvalue weighted by Crippen LogP contribution is 2.32. The highest BCUT2D eigenvalue weighted by atomic mass is 16.5. The Labute approximate surface area is 141 Å². The van der Waals surface area contributed by atoms with Crippen LogP contribution in [0.25, 0.3) is 6.08 Å². The lowest BCUT2D eigenvalue weighted by Crippen LogP contribution is -2.51.